The van der Waals surface area contributed by atoms with Gasteiger partial charge in [-0.05, 0) is 25.7 Å². The molecule has 4 rings (SSSR count). The summed E-state index contributed by atoms with van der Waals surface area (Å²) in [5, 5.41) is 0. The number of hydrogen-bond donors (Lipinski definition) is 0. The maximum absolute atomic E-state index is 13.9. The Kier molecular flexibility index (Phi) is 15.5. The van der Waals surface area contributed by atoms with Crippen LogP contribution in [0, 0.1) is 23.7 Å². The predicted molar refractivity (Wildman–Crippen MR) is 188 cm³/mol. The van der Waals surface area contributed by atoms with Gasteiger partial charge in [-0.3, -0.25) is 9.59 Å². The number of esters is 4. The lowest BCUT2D eigenvalue weighted by molar-refractivity contribution is -0.279. The number of halogens is 6. The van der Waals surface area contributed by atoms with Crippen LogP contribution in [0.5, 0.6) is 0 Å². The van der Waals surface area contributed by atoms with Crippen LogP contribution >= 0.6 is 0 Å². The molecule has 312 valence electrons. The Morgan fingerprint density at radius 2 is 0.929 bits per heavy atom. The molecule has 0 aromatic heterocycles. The van der Waals surface area contributed by atoms with Crippen molar-refractivity contribution >= 4 is 23.9 Å². The van der Waals surface area contributed by atoms with Crippen LogP contribution in [0.25, 0.3) is 0 Å². The molecular weight excluding hydrogens is 754 g/mol. The van der Waals surface area contributed by atoms with E-state index in [0.717, 1.165) is 51.3 Å². The number of cyclic esters (lactones) is 2. The summed E-state index contributed by atoms with van der Waals surface area (Å²) in [6.07, 6.45) is -10.8. The number of ether oxygens (including phenoxy) is 6. The second-order valence-electron chi connectivity index (χ2n) is 14.1. The van der Waals surface area contributed by atoms with Gasteiger partial charge in [-0.1, -0.05) is 101 Å². The third-order valence-corrected chi connectivity index (χ3v) is 10.7. The van der Waals surface area contributed by atoms with Gasteiger partial charge >= 0.3 is 36.2 Å². The summed E-state index contributed by atoms with van der Waals surface area (Å²) in [5.41, 5.74) is -7.34. The lowest BCUT2D eigenvalue weighted by Crippen LogP contribution is -2.52. The average Bonchev–Trinajstić information content (AvgIpc) is 3.74. The van der Waals surface area contributed by atoms with Gasteiger partial charge in [0.1, 0.15) is 24.4 Å². The zero-order valence-corrected chi connectivity index (χ0v) is 32.6. The zero-order valence-electron chi connectivity index (χ0n) is 32.6. The van der Waals surface area contributed by atoms with Crippen LogP contribution < -0.4 is 0 Å². The van der Waals surface area contributed by atoms with E-state index in [1.807, 2.05) is 27.7 Å². The smallest absolute Gasteiger partial charge is 0.432 e. The molecule has 0 radical (unpaired) electrons. The SMILES string of the molecule is CC[C@H](C)[C@@H]1C[C@@H]([C@@H](C)OC(=O)[C@@](OC)(c2ccccc2)C(F)(F)F)C(=O)O1.CC[C@H](C)[C@@H]1C[C@@H]([C@@H](C)OC(=O)[C@](OC)(c2ccccc2)C(F)(F)F)C(=O)O1. The molecule has 56 heavy (non-hydrogen) atoms. The molecule has 2 heterocycles. The molecule has 2 saturated heterocycles. The van der Waals surface area contributed by atoms with E-state index in [1.54, 1.807) is 0 Å². The van der Waals surface area contributed by atoms with Gasteiger partial charge in [0.2, 0.25) is 0 Å². The van der Waals surface area contributed by atoms with Crippen LogP contribution in [0.2, 0.25) is 0 Å². The van der Waals surface area contributed by atoms with Crippen molar-refractivity contribution in [3.05, 3.63) is 71.8 Å². The van der Waals surface area contributed by atoms with Gasteiger partial charge in [0.25, 0.3) is 11.2 Å². The Balaban J connectivity index is 0.000000300. The van der Waals surface area contributed by atoms with Crippen molar-refractivity contribution in [2.75, 3.05) is 14.2 Å². The van der Waals surface area contributed by atoms with Crippen molar-refractivity contribution in [2.24, 2.45) is 23.7 Å². The molecule has 16 heteroatoms. The van der Waals surface area contributed by atoms with Crippen LogP contribution in [-0.4, -0.2) is 74.9 Å². The lowest BCUT2D eigenvalue weighted by atomic mass is 9.91. The van der Waals surface area contributed by atoms with Gasteiger partial charge in [-0.2, -0.15) is 26.3 Å². The van der Waals surface area contributed by atoms with E-state index >= 15 is 0 Å². The molecule has 0 amide bonds. The lowest BCUT2D eigenvalue weighted by Gasteiger charge is -2.33. The summed E-state index contributed by atoms with van der Waals surface area (Å²) in [6.45, 7) is 10.5. The molecule has 2 fully saturated rings. The standard InChI is InChI=1S/2C20H25F3O5/c2*1-5-12(2)16-11-15(17(24)28-16)13(3)27-18(25)19(26-4,20(21,22)23)14-9-7-6-8-10-14/h2*6-10,12-13,15-16H,5,11H2,1-4H3/t12-,13+,15-,16-,19+;12-,13+,15-,16-,19-/m00/s1. The second-order valence-corrected chi connectivity index (χ2v) is 14.1. The molecule has 10 atom stereocenters. The molecule has 10 nitrogen and oxygen atoms in total. The van der Waals surface area contributed by atoms with Crippen molar-refractivity contribution in [3.8, 4) is 0 Å². The molecule has 0 saturated carbocycles. The van der Waals surface area contributed by atoms with Crippen LogP contribution in [0.15, 0.2) is 60.7 Å². The number of carbonyl (C=O) groups excluding carboxylic acids is 4. The van der Waals surface area contributed by atoms with Gasteiger partial charge in [0.05, 0.1) is 11.8 Å². The first-order valence-electron chi connectivity index (χ1n) is 18.3. The molecule has 2 aliphatic rings. The van der Waals surface area contributed by atoms with Gasteiger partial charge < -0.3 is 28.4 Å². The molecular formula is C40H50F6O10. The Labute approximate surface area is 322 Å². The van der Waals surface area contributed by atoms with Crippen LogP contribution in [0.1, 0.15) is 78.4 Å². The van der Waals surface area contributed by atoms with E-state index in [9.17, 15) is 45.5 Å². The highest BCUT2D eigenvalue weighted by Gasteiger charge is 2.65. The van der Waals surface area contributed by atoms with Crippen LogP contribution in [-0.2, 0) is 58.8 Å². The second kappa shape index (κ2) is 18.8. The minimum absolute atomic E-state index is 0.106. The molecule has 0 bridgehead atoms. The molecule has 2 aromatic rings. The Hall–Kier alpha value is -4.18. The molecule has 0 N–H and O–H groups in total. The predicted octanol–water partition coefficient (Wildman–Crippen LogP) is 8.00. The highest BCUT2D eigenvalue weighted by molar-refractivity contribution is 5.84. The Morgan fingerprint density at radius 3 is 1.18 bits per heavy atom. The van der Waals surface area contributed by atoms with Crippen molar-refractivity contribution < 1.29 is 73.9 Å². The minimum atomic E-state index is -5.06. The minimum Gasteiger partial charge on any atom is -0.462 e. The maximum Gasteiger partial charge on any atom is 0.432 e. The first-order valence-corrected chi connectivity index (χ1v) is 18.3. The van der Waals surface area contributed by atoms with Crippen molar-refractivity contribution in [1.82, 2.24) is 0 Å². The summed E-state index contributed by atoms with van der Waals surface area (Å²) < 4.78 is 114. The molecule has 2 aromatic carbocycles. The van der Waals surface area contributed by atoms with Crippen molar-refractivity contribution in [3.63, 3.8) is 0 Å². The normalized spacial score (nSPS) is 24.2. The van der Waals surface area contributed by atoms with E-state index in [1.165, 1.54) is 50.2 Å². The maximum atomic E-state index is 13.9. The average molecular weight is 805 g/mol. The van der Waals surface area contributed by atoms with E-state index < -0.39 is 82.6 Å². The van der Waals surface area contributed by atoms with Gasteiger partial charge in [-0.25, -0.2) is 9.59 Å². The molecule has 0 aliphatic carbocycles. The number of carbonyl (C=O) groups is 4. The van der Waals surface area contributed by atoms with Crippen molar-refractivity contribution in [1.29, 1.82) is 0 Å². The number of hydrogen-bond acceptors (Lipinski definition) is 10. The first-order chi connectivity index (χ1) is 26.2. The van der Waals surface area contributed by atoms with E-state index in [-0.39, 0.29) is 24.0 Å². The zero-order chi connectivity index (χ0) is 42.2. The van der Waals surface area contributed by atoms with E-state index in [0.29, 0.717) is 12.8 Å². The molecule has 2 aliphatic heterocycles. The number of methoxy groups -OCH3 is 2. The fourth-order valence-corrected chi connectivity index (χ4v) is 6.69. The fraction of sp³-hybridized carbons (Fsp3) is 0.600. The quantitative estimate of drug-likeness (QED) is 0.105. The molecule has 0 spiro atoms. The number of alkyl halides is 6. The van der Waals surface area contributed by atoms with E-state index in [4.69, 9.17) is 28.4 Å². The Bertz CT molecular complexity index is 1500. The largest absolute Gasteiger partial charge is 0.462 e. The highest BCUT2D eigenvalue weighted by atomic mass is 19.4. The first kappa shape index (κ1) is 46.2. The molecule has 0 unspecified atom stereocenters. The third kappa shape index (κ3) is 9.50. The number of benzene rings is 2. The fourth-order valence-electron chi connectivity index (χ4n) is 6.69. The summed E-state index contributed by atoms with van der Waals surface area (Å²) in [4.78, 5) is 49.6. The van der Waals surface area contributed by atoms with Gasteiger partial charge in [0.15, 0.2) is 0 Å². The van der Waals surface area contributed by atoms with Crippen LogP contribution in [0.3, 0.4) is 0 Å². The summed E-state index contributed by atoms with van der Waals surface area (Å²) in [7, 11) is 1.60. The van der Waals surface area contributed by atoms with Gasteiger partial charge in [-0.15, -0.1) is 0 Å². The van der Waals surface area contributed by atoms with Crippen LogP contribution in [0.4, 0.5) is 26.3 Å². The van der Waals surface area contributed by atoms with E-state index in [2.05, 4.69) is 0 Å². The summed E-state index contributed by atoms with van der Waals surface area (Å²) >= 11 is 0. The highest BCUT2D eigenvalue weighted by Crippen LogP contribution is 2.45. The van der Waals surface area contributed by atoms with Gasteiger partial charge in [0, 0.05) is 38.2 Å². The summed E-state index contributed by atoms with van der Waals surface area (Å²) in [5.74, 6) is -5.78. The monoisotopic (exact) mass is 804 g/mol. The number of rotatable bonds is 14. The van der Waals surface area contributed by atoms with Crippen molar-refractivity contribution in [2.45, 2.75) is 115 Å². The third-order valence-electron chi connectivity index (χ3n) is 10.7. The summed E-state index contributed by atoms with van der Waals surface area (Å²) in [6, 6.07) is 13.1. The Morgan fingerprint density at radius 1 is 0.625 bits per heavy atom. The topological polar surface area (TPSA) is 124 Å².